The number of rotatable bonds is 2. The molecule has 90 valence electrons. The van der Waals surface area contributed by atoms with Crippen LogP contribution in [0, 0.1) is 13.8 Å². The molecule has 0 atom stereocenters. The van der Waals surface area contributed by atoms with Gasteiger partial charge < -0.3 is 4.74 Å². The Bertz CT molecular complexity index is 443. The third-order valence-electron chi connectivity index (χ3n) is 2.25. The van der Waals surface area contributed by atoms with Crippen LogP contribution >= 0.6 is 0 Å². The maximum absolute atomic E-state index is 5.71. The van der Waals surface area contributed by atoms with Crippen LogP contribution in [0.25, 0.3) is 0 Å². The highest BCUT2D eigenvalue weighted by atomic mass is 16.5. The van der Waals surface area contributed by atoms with E-state index >= 15 is 0 Å². The molecule has 2 aromatic rings. The van der Waals surface area contributed by atoms with E-state index in [-0.39, 0.29) is 0 Å². The van der Waals surface area contributed by atoms with Crippen molar-refractivity contribution < 1.29 is 4.74 Å². The van der Waals surface area contributed by atoms with Crippen molar-refractivity contribution in [1.29, 1.82) is 0 Å². The molecule has 0 unspecified atom stereocenters. The molecule has 0 spiro atoms. The first kappa shape index (κ1) is 13.3. The number of benzene rings is 2. The molecule has 0 amide bonds. The van der Waals surface area contributed by atoms with Crippen LogP contribution in [0.15, 0.2) is 48.5 Å². The molecule has 0 heterocycles. The van der Waals surface area contributed by atoms with E-state index in [4.69, 9.17) is 4.74 Å². The molecule has 2 rings (SSSR count). The molecule has 0 aliphatic carbocycles. The summed E-state index contributed by atoms with van der Waals surface area (Å²) in [6.07, 6.45) is 0. The van der Waals surface area contributed by atoms with Gasteiger partial charge in [0.2, 0.25) is 0 Å². The normalized spacial score (nSPS) is 9.18. The van der Waals surface area contributed by atoms with Crippen LogP contribution in [0.5, 0.6) is 11.5 Å². The van der Waals surface area contributed by atoms with Gasteiger partial charge in [-0.3, -0.25) is 0 Å². The van der Waals surface area contributed by atoms with E-state index < -0.39 is 0 Å². The number of ether oxygens (including phenoxy) is 1. The molecule has 0 aliphatic heterocycles. The van der Waals surface area contributed by atoms with Gasteiger partial charge in [0.1, 0.15) is 11.5 Å². The minimum atomic E-state index is 0.881. The minimum Gasteiger partial charge on any atom is -0.457 e. The van der Waals surface area contributed by atoms with E-state index in [1.165, 1.54) is 11.1 Å². The fraction of sp³-hybridized carbons (Fsp3) is 0.250. The first-order valence-corrected chi connectivity index (χ1v) is 6.05. The van der Waals surface area contributed by atoms with Crippen LogP contribution in [-0.2, 0) is 0 Å². The highest BCUT2D eigenvalue weighted by molar-refractivity contribution is 5.34. The monoisotopic (exact) mass is 228 g/mol. The lowest BCUT2D eigenvalue weighted by Crippen LogP contribution is -1.84. The van der Waals surface area contributed by atoms with Gasteiger partial charge in [-0.2, -0.15) is 0 Å². The number of hydrogen-bond donors (Lipinski definition) is 0. The van der Waals surface area contributed by atoms with Crippen molar-refractivity contribution in [1.82, 2.24) is 0 Å². The van der Waals surface area contributed by atoms with Gasteiger partial charge >= 0.3 is 0 Å². The average Bonchev–Trinajstić information content (AvgIpc) is 2.35. The zero-order valence-corrected chi connectivity index (χ0v) is 11.0. The van der Waals surface area contributed by atoms with E-state index in [1.54, 1.807) is 0 Å². The molecule has 0 aliphatic rings. The minimum absolute atomic E-state index is 0.881. The van der Waals surface area contributed by atoms with E-state index in [9.17, 15) is 0 Å². The second-order valence-electron chi connectivity index (χ2n) is 3.73. The summed E-state index contributed by atoms with van der Waals surface area (Å²) in [5.74, 6) is 1.77. The summed E-state index contributed by atoms with van der Waals surface area (Å²) in [5, 5.41) is 0. The molecule has 0 bridgehead atoms. The van der Waals surface area contributed by atoms with Crippen molar-refractivity contribution in [3.63, 3.8) is 0 Å². The summed E-state index contributed by atoms with van der Waals surface area (Å²) in [5.41, 5.74) is 2.45. The number of hydrogen-bond acceptors (Lipinski definition) is 1. The lowest BCUT2D eigenvalue weighted by Gasteiger charge is -2.06. The van der Waals surface area contributed by atoms with Crippen LogP contribution < -0.4 is 4.74 Å². The van der Waals surface area contributed by atoms with Gasteiger partial charge in [-0.05, 0) is 43.7 Å². The molecular weight excluding hydrogens is 208 g/mol. The first-order chi connectivity index (χ1) is 8.24. The van der Waals surface area contributed by atoms with Crippen molar-refractivity contribution in [3.05, 3.63) is 59.7 Å². The Morgan fingerprint density at radius 3 is 1.94 bits per heavy atom. The molecule has 0 saturated heterocycles. The van der Waals surface area contributed by atoms with Gasteiger partial charge in [-0.1, -0.05) is 43.7 Å². The van der Waals surface area contributed by atoms with Crippen molar-refractivity contribution in [2.75, 3.05) is 0 Å². The summed E-state index contributed by atoms with van der Waals surface area (Å²) in [6.45, 7) is 8.12. The third-order valence-corrected chi connectivity index (χ3v) is 2.25. The zero-order chi connectivity index (χ0) is 12.7. The SMILES string of the molecule is CC.Cc1ccc(Oc2cccc(C)c2)cc1. The predicted octanol–water partition coefficient (Wildman–Crippen LogP) is 5.12. The highest BCUT2D eigenvalue weighted by Crippen LogP contribution is 2.22. The Morgan fingerprint density at radius 2 is 1.35 bits per heavy atom. The summed E-state index contributed by atoms with van der Waals surface area (Å²) in [7, 11) is 0. The lowest BCUT2D eigenvalue weighted by molar-refractivity contribution is 0.482. The summed E-state index contributed by atoms with van der Waals surface area (Å²) < 4.78 is 5.71. The molecule has 0 aromatic heterocycles. The molecule has 0 N–H and O–H groups in total. The molecular formula is C16H20O. The summed E-state index contributed by atoms with van der Waals surface area (Å²) in [4.78, 5) is 0. The average molecular weight is 228 g/mol. The molecule has 0 radical (unpaired) electrons. The van der Waals surface area contributed by atoms with Gasteiger partial charge in [0.25, 0.3) is 0 Å². The van der Waals surface area contributed by atoms with Crippen molar-refractivity contribution >= 4 is 0 Å². The van der Waals surface area contributed by atoms with Crippen molar-refractivity contribution in [2.45, 2.75) is 27.7 Å². The van der Waals surface area contributed by atoms with Crippen LogP contribution in [0.1, 0.15) is 25.0 Å². The van der Waals surface area contributed by atoms with Crippen LogP contribution in [0.2, 0.25) is 0 Å². The van der Waals surface area contributed by atoms with Gasteiger partial charge in [-0.15, -0.1) is 0 Å². The highest BCUT2D eigenvalue weighted by Gasteiger charge is 1.96. The molecule has 17 heavy (non-hydrogen) atoms. The van der Waals surface area contributed by atoms with E-state index in [0.29, 0.717) is 0 Å². The Kier molecular flexibility index (Phi) is 5.28. The van der Waals surface area contributed by atoms with Gasteiger partial charge in [-0.25, -0.2) is 0 Å². The maximum Gasteiger partial charge on any atom is 0.127 e. The van der Waals surface area contributed by atoms with Crippen LogP contribution in [-0.4, -0.2) is 0 Å². The standard InChI is InChI=1S/C14H14O.C2H6/c1-11-6-8-13(9-7-11)15-14-5-3-4-12(2)10-14;1-2/h3-10H,1-2H3;1-2H3. The fourth-order valence-corrected chi connectivity index (χ4v) is 1.42. The molecule has 1 heteroatoms. The fourth-order valence-electron chi connectivity index (χ4n) is 1.42. The van der Waals surface area contributed by atoms with Crippen LogP contribution in [0.4, 0.5) is 0 Å². The van der Waals surface area contributed by atoms with Crippen LogP contribution in [0.3, 0.4) is 0 Å². The van der Waals surface area contributed by atoms with E-state index in [0.717, 1.165) is 11.5 Å². The second kappa shape index (κ2) is 6.74. The Hall–Kier alpha value is -1.76. The second-order valence-corrected chi connectivity index (χ2v) is 3.73. The predicted molar refractivity (Wildman–Crippen MR) is 73.8 cm³/mol. The molecule has 0 fully saturated rings. The van der Waals surface area contributed by atoms with Gasteiger partial charge in [0.05, 0.1) is 0 Å². The Balaban J connectivity index is 0.000000686. The quantitative estimate of drug-likeness (QED) is 0.693. The van der Waals surface area contributed by atoms with Gasteiger partial charge in [0, 0.05) is 0 Å². The summed E-state index contributed by atoms with van der Waals surface area (Å²) in [6, 6.07) is 16.1. The Labute approximate surface area is 104 Å². The van der Waals surface area contributed by atoms with Crippen molar-refractivity contribution in [3.8, 4) is 11.5 Å². The largest absolute Gasteiger partial charge is 0.457 e. The molecule has 1 nitrogen and oxygen atoms in total. The summed E-state index contributed by atoms with van der Waals surface area (Å²) >= 11 is 0. The molecule has 2 aromatic carbocycles. The topological polar surface area (TPSA) is 9.23 Å². The molecule has 0 saturated carbocycles. The van der Waals surface area contributed by atoms with E-state index in [1.807, 2.05) is 56.3 Å². The third kappa shape index (κ3) is 4.31. The Morgan fingerprint density at radius 1 is 0.706 bits per heavy atom. The van der Waals surface area contributed by atoms with E-state index in [2.05, 4.69) is 19.9 Å². The first-order valence-electron chi connectivity index (χ1n) is 6.05. The number of aryl methyl sites for hydroxylation is 2. The van der Waals surface area contributed by atoms with Crippen molar-refractivity contribution in [2.24, 2.45) is 0 Å². The smallest absolute Gasteiger partial charge is 0.127 e. The van der Waals surface area contributed by atoms with Gasteiger partial charge in [0.15, 0.2) is 0 Å². The maximum atomic E-state index is 5.71. The lowest BCUT2D eigenvalue weighted by atomic mass is 10.2. The zero-order valence-electron chi connectivity index (χ0n) is 11.0.